The van der Waals surface area contributed by atoms with Crippen LogP contribution in [0.3, 0.4) is 0 Å². The summed E-state index contributed by atoms with van der Waals surface area (Å²) in [4.78, 5) is 19.3. The van der Waals surface area contributed by atoms with Gasteiger partial charge in [-0.15, -0.1) is 0 Å². The van der Waals surface area contributed by atoms with Gasteiger partial charge >= 0.3 is 0 Å². The molecule has 4 rings (SSSR count). The smallest absolute Gasteiger partial charge is 0.226 e. The number of Topliss-reactive ketones (excluding diaryl/α,β-unsaturated/α-hetero) is 1. The molecule has 0 fully saturated rings. The van der Waals surface area contributed by atoms with E-state index in [1.165, 1.54) is 5.69 Å². The third-order valence-corrected chi connectivity index (χ3v) is 5.21. The summed E-state index contributed by atoms with van der Waals surface area (Å²) in [5.74, 6) is 0.765. The number of carbonyl (C=O) groups is 1. The van der Waals surface area contributed by atoms with Crippen LogP contribution in [0.2, 0.25) is 0 Å². The van der Waals surface area contributed by atoms with Gasteiger partial charge in [0.15, 0.2) is 0 Å². The number of benzene rings is 1. The minimum absolute atomic E-state index is 0.136. The second-order valence-corrected chi connectivity index (χ2v) is 6.50. The van der Waals surface area contributed by atoms with Crippen LogP contribution in [-0.2, 0) is 4.79 Å². The number of nitrogens with zero attached hydrogens (tertiary/aromatic N) is 4. The Hall–Kier alpha value is -2.63. The average Bonchev–Trinajstić information content (AvgIpc) is 3.10. The predicted octanol–water partition coefficient (Wildman–Crippen LogP) is 3.00. The Kier molecular flexibility index (Phi) is 4.03. The fourth-order valence-electron chi connectivity index (χ4n) is 3.92. The van der Waals surface area contributed by atoms with Gasteiger partial charge in [-0.1, -0.05) is 18.2 Å². The summed E-state index contributed by atoms with van der Waals surface area (Å²) in [6, 6.07) is 8.38. The first kappa shape index (κ1) is 15.9. The lowest BCUT2D eigenvalue weighted by Crippen LogP contribution is -2.38. The molecule has 25 heavy (non-hydrogen) atoms. The number of aromatic nitrogens is 3. The monoisotopic (exact) mass is 337 g/mol. The molecule has 0 saturated heterocycles. The zero-order valence-corrected chi connectivity index (χ0v) is 14.6. The number of hydrogen-bond acceptors (Lipinski definition) is 5. The molecule has 1 N–H and O–H groups in total. The molecule has 6 nitrogen and oxygen atoms in total. The minimum atomic E-state index is -0.206. The first-order chi connectivity index (χ1) is 12.2. The van der Waals surface area contributed by atoms with Crippen LogP contribution in [0.15, 0.2) is 42.4 Å². The summed E-state index contributed by atoms with van der Waals surface area (Å²) < 4.78 is 1.84. The predicted molar refractivity (Wildman–Crippen MR) is 97.6 cm³/mol. The topological polar surface area (TPSA) is 63.1 Å². The molecule has 0 bridgehead atoms. The lowest BCUT2D eigenvalue weighted by molar-refractivity contribution is -0.123. The largest absolute Gasteiger partial charge is 0.372 e. The van der Waals surface area contributed by atoms with E-state index in [9.17, 15) is 4.79 Å². The van der Waals surface area contributed by atoms with Gasteiger partial charge in [0.2, 0.25) is 5.95 Å². The van der Waals surface area contributed by atoms with Crippen molar-refractivity contribution < 1.29 is 4.79 Å². The van der Waals surface area contributed by atoms with Crippen LogP contribution in [0.25, 0.3) is 0 Å². The zero-order valence-electron chi connectivity index (χ0n) is 14.6. The van der Waals surface area contributed by atoms with Crippen LogP contribution in [0.4, 0.5) is 11.6 Å². The number of carbonyl (C=O) groups excluding carboxylic acids is 1. The maximum absolute atomic E-state index is 12.7. The summed E-state index contributed by atoms with van der Waals surface area (Å²) in [6.45, 7) is 6.27. The first-order valence-electron chi connectivity index (χ1n) is 8.97. The van der Waals surface area contributed by atoms with Gasteiger partial charge in [0, 0.05) is 30.9 Å². The molecule has 1 aromatic heterocycles. The fourth-order valence-corrected chi connectivity index (χ4v) is 3.92. The highest BCUT2D eigenvalue weighted by Gasteiger charge is 2.40. The number of nitrogens with one attached hydrogen (secondary N) is 1. The Bertz CT molecular complexity index is 803. The molecule has 2 heterocycles. The number of allylic oxidation sites excluding steroid dienone is 2. The molecular weight excluding hydrogens is 314 g/mol. The van der Waals surface area contributed by atoms with Gasteiger partial charge in [0.05, 0.1) is 12.0 Å². The van der Waals surface area contributed by atoms with E-state index < -0.39 is 0 Å². The van der Waals surface area contributed by atoms with Crippen molar-refractivity contribution in [3.05, 3.63) is 47.9 Å². The number of ketones is 1. The van der Waals surface area contributed by atoms with E-state index >= 15 is 0 Å². The molecule has 1 aromatic carbocycles. The zero-order chi connectivity index (χ0) is 17.4. The van der Waals surface area contributed by atoms with Crippen LogP contribution >= 0.6 is 0 Å². The van der Waals surface area contributed by atoms with E-state index in [0.717, 1.165) is 30.8 Å². The maximum atomic E-state index is 12.7. The molecule has 2 aliphatic rings. The summed E-state index contributed by atoms with van der Waals surface area (Å²) in [5.41, 5.74) is 3.26. The molecule has 130 valence electrons. The van der Waals surface area contributed by atoms with Crippen LogP contribution in [0, 0.1) is 5.92 Å². The molecule has 6 heteroatoms. The van der Waals surface area contributed by atoms with E-state index in [4.69, 9.17) is 0 Å². The fraction of sp³-hybridized carbons (Fsp3) is 0.421. The van der Waals surface area contributed by atoms with E-state index in [-0.39, 0.29) is 17.7 Å². The molecule has 0 spiro atoms. The van der Waals surface area contributed by atoms with Gasteiger partial charge in [0.1, 0.15) is 12.1 Å². The molecule has 0 unspecified atom stereocenters. The number of hydrogen-bond donors (Lipinski definition) is 1. The van der Waals surface area contributed by atoms with Crippen LogP contribution in [-0.4, -0.2) is 33.6 Å². The quantitative estimate of drug-likeness (QED) is 0.929. The van der Waals surface area contributed by atoms with Gasteiger partial charge < -0.3 is 10.2 Å². The Labute approximate surface area is 147 Å². The standard InChI is InChI=1S/C19H23N5O/c1-3-23(4-2)14-10-8-13(9-11-14)18-17-15(6-5-7-16(17)25)22-19-20-12-21-24(18)19/h6,8-12,17-18H,3-5,7H2,1-2H3,(H,20,21,22)/t17-,18-/m1/s1. The Morgan fingerprint density at radius 2 is 2.00 bits per heavy atom. The molecule has 0 saturated carbocycles. The second kappa shape index (κ2) is 6.35. The molecule has 0 radical (unpaired) electrons. The van der Waals surface area contributed by atoms with Gasteiger partial charge in [-0.05, 0) is 38.0 Å². The van der Waals surface area contributed by atoms with Crippen LogP contribution < -0.4 is 10.2 Å². The van der Waals surface area contributed by atoms with E-state index in [1.54, 1.807) is 6.33 Å². The van der Waals surface area contributed by atoms with Gasteiger partial charge in [-0.25, -0.2) is 4.68 Å². The Morgan fingerprint density at radius 1 is 1.24 bits per heavy atom. The third kappa shape index (κ3) is 2.62. The van der Waals surface area contributed by atoms with Crippen molar-refractivity contribution in [1.82, 2.24) is 14.8 Å². The molecule has 1 aliphatic heterocycles. The van der Waals surface area contributed by atoms with Crippen molar-refractivity contribution in [2.75, 3.05) is 23.3 Å². The number of fused-ring (bicyclic) bond motifs is 2. The van der Waals surface area contributed by atoms with Crippen molar-refractivity contribution >= 4 is 17.4 Å². The van der Waals surface area contributed by atoms with Gasteiger partial charge in [-0.3, -0.25) is 4.79 Å². The summed E-state index contributed by atoms with van der Waals surface area (Å²) >= 11 is 0. The van der Waals surface area contributed by atoms with E-state index in [2.05, 4.69) is 64.5 Å². The minimum Gasteiger partial charge on any atom is -0.372 e. The van der Waals surface area contributed by atoms with Crippen molar-refractivity contribution in [3.8, 4) is 0 Å². The highest BCUT2D eigenvalue weighted by Crippen LogP contribution is 2.41. The summed E-state index contributed by atoms with van der Waals surface area (Å²) in [7, 11) is 0. The lowest BCUT2D eigenvalue weighted by atomic mass is 9.81. The highest BCUT2D eigenvalue weighted by atomic mass is 16.1. The van der Waals surface area contributed by atoms with E-state index in [0.29, 0.717) is 12.4 Å². The Balaban J connectivity index is 1.76. The molecule has 0 amide bonds. The van der Waals surface area contributed by atoms with Crippen molar-refractivity contribution in [1.29, 1.82) is 0 Å². The van der Waals surface area contributed by atoms with Crippen LogP contribution in [0.1, 0.15) is 38.3 Å². The summed E-state index contributed by atoms with van der Waals surface area (Å²) in [6.07, 6.45) is 5.05. The van der Waals surface area contributed by atoms with Crippen LogP contribution in [0.5, 0.6) is 0 Å². The third-order valence-electron chi connectivity index (χ3n) is 5.21. The second-order valence-electron chi connectivity index (χ2n) is 6.50. The SMILES string of the molecule is CCN(CC)c1ccc([C@@H]2[C@H]3C(=O)CCC=C3Nc3ncnn32)cc1. The summed E-state index contributed by atoms with van der Waals surface area (Å²) in [5, 5.41) is 7.66. The van der Waals surface area contributed by atoms with Crippen molar-refractivity contribution in [3.63, 3.8) is 0 Å². The molecular formula is C19H23N5O. The number of anilines is 2. The maximum Gasteiger partial charge on any atom is 0.226 e. The Morgan fingerprint density at radius 3 is 2.72 bits per heavy atom. The molecule has 2 atom stereocenters. The highest BCUT2D eigenvalue weighted by molar-refractivity contribution is 5.87. The normalized spacial score (nSPS) is 21.8. The van der Waals surface area contributed by atoms with Crippen molar-refractivity contribution in [2.24, 2.45) is 5.92 Å². The first-order valence-corrected chi connectivity index (χ1v) is 8.97. The number of rotatable bonds is 4. The van der Waals surface area contributed by atoms with E-state index in [1.807, 2.05) is 4.68 Å². The van der Waals surface area contributed by atoms with Gasteiger partial charge in [0.25, 0.3) is 0 Å². The lowest BCUT2D eigenvalue weighted by Gasteiger charge is -2.36. The van der Waals surface area contributed by atoms with Gasteiger partial charge in [-0.2, -0.15) is 10.1 Å². The average molecular weight is 337 g/mol. The van der Waals surface area contributed by atoms with Crippen molar-refractivity contribution in [2.45, 2.75) is 32.7 Å². The molecule has 1 aliphatic carbocycles. The molecule has 2 aromatic rings.